The van der Waals surface area contributed by atoms with E-state index in [0.29, 0.717) is 0 Å². The molecule has 2 aliphatic carbocycles. The van der Waals surface area contributed by atoms with Gasteiger partial charge in [0, 0.05) is 18.8 Å². The molecular weight excluding hydrogens is 308 g/mol. The summed E-state index contributed by atoms with van der Waals surface area (Å²) in [5.74, 6) is -2.84. The summed E-state index contributed by atoms with van der Waals surface area (Å²) in [6.07, 6.45) is -6.04. The first-order chi connectivity index (χ1) is 10.8. The lowest BCUT2D eigenvalue weighted by molar-refractivity contribution is -0.152. The number of aliphatic hydroxyl groups is 6. The van der Waals surface area contributed by atoms with E-state index in [2.05, 4.69) is 0 Å². The molecule has 0 aromatic carbocycles. The number of ketones is 1. The summed E-state index contributed by atoms with van der Waals surface area (Å²) < 4.78 is 5.67. The fourth-order valence-corrected chi connectivity index (χ4v) is 3.87. The van der Waals surface area contributed by atoms with Crippen molar-refractivity contribution < 1.29 is 40.2 Å². The Balaban J connectivity index is 1.86. The van der Waals surface area contributed by atoms with Gasteiger partial charge in [0.15, 0.2) is 5.76 Å². The molecule has 8 heteroatoms. The molecule has 6 atom stereocenters. The number of rotatable bonds is 1. The molecule has 0 bridgehead atoms. The van der Waals surface area contributed by atoms with Crippen molar-refractivity contribution in [2.45, 2.75) is 62.3 Å². The van der Waals surface area contributed by atoms with E-state index in [0.717, 1.165) is 0 Å². The third-order valence-electron chi connectivity index (χ3n) is 5.09. The molecule has 0 spiro atoms. The lowest BCUT2D eigenvalue weighted by atomic mass is 9.75. The topological polar surface area (TPSA) is 148 Å². The number of Topliss-reactive ketones (excluding diaryl/α,β-unsaturated/α-hetero) is 1. The molecule has 23 heavy (non-hydrogen) atoms. The Kier molecular flexibility index (Phi) is 4.37. The largest absolute Gasteiger partial charge is 0.502 e. The Labute approximate surface area is 132 Å². The first kappa shape index (κ1) is 16.7. The van der Waals surface area contributed by atoms with Crippen LogP contribution in [0.3, 0.4) is 0 Å². The predicted octanol–water partition coefficient (Wildman–Crippen LogP) is -1.65. The zero-order chi connectivity index (χ0) is 16.9. The molecule has 1 aliphatic heterocycles. The maximum atomic E-state index is 12.4. The van der Waals surface area contributed by atoms with Crippen molar-refractivity contribution in [2.75, 3.05) is 0 Å². The number of allylic oxidation sites excluding steroid dienone is 2. The summed E-state index contributed by atoms with van der Waals surface area (Å²) in [5, 5.41) is 59.0. The zero-order valence-corrected chi connectivity index (χ0v) is 12.4. The second-order valence-corrected chi connectivity index (χ2v) is 6.75. The molecule has 3 rings (SSSR count). The lowest BCUT2D eigenvalue weighted by Gasteiger charge is -2.43. The highest BCUT2D eigenvalue weighted by Gasteiger charge is 2.49. The van der Waals surface area contributed by atoms with E-state index >= 15 is 0 Å². The second kappa shape index (κ2) is 6.03. The maximum Gasteiger partial charge on any atom is 0.210 e. The third kappa shape index (κ3) is 2.85. The molecule has 0 saturated heterocycles. The van der Waals surface area contributed by atoms with Crippen LogP contribution >= 0.6 is 0 Å². The highest BCUT2D eigenvalue weighted by molar-refractivity contribution is 5.97. The summed E-state index contributed by atoms with van der Waals surface area (Å²) in [6, 6.07) is 0. The quantitative estimate of drug-likeness (QED) is 0.335. The van der Waals surface area contributed by atoms with E-state index < -0.39 is 60.0 Å². The first-order valence-corrected chi connectivity index (χ1v) is 7.84. The van der Waals surface area contributed by atoms with Crippen LogP contribution in [0.5, 0.6) is 0 Å². The molecule has 130 valence electrons. The van der Waals surface area contributed by atoms with E-state index in [4.69, 9.17) is 4.74 Å². The number of hydrogen-bond acceptors (Lipinski definition) is 8. The average molecular weight is 330 g/mol. The van der Waals surface area contributed by atoms with Crippen molar-refractivity contribution in [1.29, 1.82) is 0 Å². The smallest absolute Gasteiger partial charge is 0.210 e. The van der Waals surface area contributed by atoms with Gasteiger partial charge in [-0.2, -0.15) is 0 Å². The summed E-state index contributed by atoms with van der Waals surface area (Å²) in [7, 11) is 0. The summed E-state index contributed by atoms with van der Waals surface area (Å²) in [6.45, 7) is 0. The van der Waals surface area contributed by atoms with Crippen molar-refractivity contribution in [2.24, 2.45) is 11.8 Å². The maximum absolute atomic E-state index is 12.4. The minimum atomic E-state index is -1.28. The van der Waals surface area contributed by atoms with Crippen LogP contribution in [0.2, 0.25) is 0 Å². The molecule has 3 aliphatic rings. The number of aliphatic hydroxyl groups excluding tert-OH is 6. The number of fused-ring (bicyclic) bond motifs is 1. The van der Waals surface area contributed by atoms with Gasteiger partial charge in [0.05, 0.1) is 30.3 Å². The van der Waals surface area contributed by atoms with Gasteiger partial charge in [0.2, 0.25) is 5.78 Å². The van der Waals surface area contributed by atoms with Crippen molar-refractivity contribution in [3.8, 4) is 0 Å². The molecule has 2 saturated carbocycles. The van der Waals surface area contributed by atoms with Crippen LogP contribution in [0.4, 0.5) is 0 Å². The summed E-state index contributed by atoms with van der Waals surface area (Å²) in [4.78, 5) is 12.4. The van der Waals surface area contributed by atoms with Gasteiger partial charge in [-0.1, -0.05) is 0 Å². The van der Waals surface area contributed by atoms with Gasteiger partial charge in [0.1, 0.15) is 18.0 Å². The van der Waals surface area contributed by atoms with E-state index in [9.17, 15) is 35.4 Å². The summed E-state index contributed by atoms with van der Waals surface area (Å²) >= 11 is 0. The number of carbonyl (C=O) groups excluding carboxylic acids is 1. The minimum absolute atomic E-state index is 0.0351. The zero-order valence-electron chi connectivity index (χ0n) is 12.4. The monoisotopic (exact) mass is 330 g/mol. The molecule has 6 unspecified atom stereocenters. The van der Waals surface area contributed by atoms with Crippen molar-refractivity contribution in [1.82, 2.24) is 0 Å². The second-order valence-electron chi connectivity index (χ2n) is 6.75. The Morgan fingerprint density at radius 3 is 2.09 bits per heavy atom. The van der Waals surface area contributed by atoms with E-state index in [1.807, 2.05) is 0 Å². The van der Waals surface area contributed by atoms with Gasteiger partial charge in [-0.05, 0) is 12.8 Å². The van der Waals surface area contributed by atoms with Crippen LogP contribution in [0.15, 0.2) is 11.5 Å². The Hall–Kier alpha value is -1.19. The highest BCUT2D eigenvalue weighted by atomic mass is 16.5. The summed E-state index contributed by atoms with van der Waals surface area (Å²) in [5.41, 5.74) is 0. The minimum Gasteiger partial charge on any atom is -0.502 e. The van der Waals surface area contributed by atoms with Gasteiger partial charge in [-0.25, -0.2) is 0 Å². The van der Waals surface area contributed by atoms with Crippen LogP contribution in [0, 0.1) is 11.8 Å². The third-order valence-corrected chi connectivity index (χ3v) is 5.09. The molecule has 1 heterocycles. The van der Waals surface area contributed by atoms with Crippen LogP contribution in [-0.4, -0.2) is 73.0 Å². The molecule has 0 aromatic heterocycles. The fraction of sp³-hybridized carbons (Fsp3) is 0.800. The molecule has 0 aromatic rings. The van der Waals surface area contributed by atoms with Gasteiger partial charge in [-0.3, -0.25) is 4.79 Å². The lowest BCUT2D eigenvalue weighted by Crippen LogP contribution is -2.52. The van der Waals surface area contributed by atoms with Gasteiger partial charge < -0.3 is 35.4 Å². The van der Waals surface area contributed by atoms with Crippen molar-refractivity contribution in [3.05, 3.63) is 11.5 Å². The molecule has 6 N–H and O–H groups in total. The first-order valence-electron chi connectivity index (χ1n) is 7.84. The van der Waals surface area contributed by atoms with E-state index in [1.165, 1.54) is 0 Å². The van der Waals surface area contributed by atoms with E-state index in [-0.39, 0.29) is 31.4 Å². The predicted molar refractivity (Wildman–Crippen MR) is 75.0 cm³/mol. The van der Waals surface area contributed by atoms with Crippen molar-refractivity contribution >= 4 is 5.78 Å². The number of hydrogen-bond donors (Lipinski definition) is 6. The Bertz CT molecular complexity index is 506. The van der Waals surface area contributed by atoms with E-state index in [1.54, 1.807) is 0 Å². The van der Waals surface area contributed by atoms with Crippen LogP contribution in [0.25, 0.3) is 0 Å². The standard InChI is InChI=1S/C15H22O8/c16-6-3-7(17)11-10(4-6)23-15(14(22)13(11)21)5-1-8(18)12(20)9(19)2-5/h5-12,16-20,22H,1-4H2. The molecule has 8 nitrogen and oxygen atoms in total. The SMILES string of the molecule is O=C1C(O)=C(C2CC(O)C(O)C(O)C2)OC2CC(O)CC(O)C12. The number of ether oxygens (including phenoxy) is 1. The Morgan fingerprint density at radius 2 is 1.48 bits per heavy atom. The highest BCUT2D eigenvalue weighted by Crippen LogP contribution is 2.41. The van der Waals surface area contributed by atoms with Crippen LogP contribution in [-0.2, 0) is 9.53 Å². The van der Waals surface area contributed by atoms with Crippen LogP contribution in [0.1, 0.15) is 25.7 Å². The van der Waals surface area contributed by atoms with Gasteiger partial charge >= 0.3 is 0 Å². The Morgan fingerprint density at radius 1 is 0.870 bits per heavy atom. The normalized spacial score (nSPS) is 48.0. The number of carbonyl (C=O) groups is 1. The fourth-order valence-electron chi connectivity index (χ4n) is 3.87. The molecular formula is C15H22O8. The molecule has 0 amide bonds. The molecule has 0 radical (unpaired) electrons. The van der Waals surface area contributed by atoms with Gasteiger partial charge in [-0.15, -0.1) is 0 Å². The van der Waals surface area contributed by atoms with Gasteiger partial charge in [0.25, 0.3) is 0 Å². The van der Waals surface area contributed by atoms with Crippen LogP contribution < -0.4 is 0 Å². The average Bonchev–Trinajstić information content (AvgIpc) is 2.47. The van der Waals surface area contributed by atoms with Crippen molar-refractivity contribution in [3.63, 3.8) is 0 Å². The molecule has 2 fully saturated rings.